The molecule has 2 aromatic carbocycles. The van der Waals surface area contributed by atoms with Crippen LogP contribution in [0.15, 0.2) is 48.5 Å². The monoisotopic (exact) mass is 244 g/mol. The molecule has 0 fully saturated rings. The Balaban J connectivity index is 2.58. The summed E-state index contributed by atoms with van der Waals surface area (Å²) < 4.78 is 0. The smallest absolute Gasteiger partial charge is 0.0521 e. The lowest BCUT2D eigenvalue weighted by molar-refractivity contribution is 0.591. The average molecular weight is 245 g/mol. The summed E-state index contributed by atoms with van der Waals surface area (Å²) in [6.45, 7) is 6.55. The Bertz CT molecular complexity index is 507. The van der Waals surface area contributed by atoms with Crippen LogP contribution >= 0.6 is 11.6 Å². The van der Waals surface area contributed by atoms with Gasteiger partial charge in [-0.3, -0.25) is 0 Å². The van der Waals surface area contributed by atoms with Gasteiger partial charge >= 0.3 is 0 Å². The third-order valence-electron chi connectivity index (χ3n) is 2.89. The predicted octanol–water partition coefficient (Wildman–Crippen LogP) is 5.30. The van der Waals surface area contributed by atoms with Gasteiger partial charge in [0, 0.05) is 5.56 Å². The third kappa shape index (κ3) is 2.53. The zero-order valence-electron chi connectivity index (χ0n) is 10.5. The van der Waals surface area contributed by atoms with Crippen molar-refractivity contribution < 1.29 is 0 Å². The van der Waals surface area contributed by atoms with Gasteiger partial charge in [-0.2, -0.15) is 0 Å². The standard InChI is InChI=1S/C16H17Cl/c1-16(2,3)14-11-7-10-13(15(14)17)12-8-5-4-6-9-12/h4-11H,1-3H3. The molecule has 0 N–H and O–H groups in total. The molecule has 2 rings (SSSR count). The number of rotatable bonds is 1. The van der Waals surface area contributed by atoms with Crippen molar-refractivity contribution in [3.8, 4) is 11.1 Å². The van der Waals surface area contributed by atoms with Crippen molar-refractivity contribution in [3.63, 3.8) is 0 Å². The largest absolute Gasteiger partial charge is 0.0833 e. The number of benzene rings is 2. The highest BCUT2D eigenvalue weighted by Gasteiger charge is 2.19. The van der Waals surface area contributed by atoms with Gasteiger partial charge in [0.05, 0.1) is 5.02 Å². The number of hydrogen-bond donors (Lipinski definition) is 0. The van der Waals surface area contributed by atoms with Crippen molar-refractivity contribution in [2.45, 2.75) is 26.2 Å². The maximum atomic E-state index is 6.53. The molecule has 0 saturated heterocycles. The van der Waals surface area contributed by atoms with E-state index in [0.717, 1.165) is 10.6 Å². The quantitative estimate of drug-likeness (QED) is 0.638. The molecule has 0 atom stereocenters. The summed E-state index contributed by atoms with van der Waals surface area (Å²) in [6, 6.07) is 16.5. The molecular weight excluding hydrogens is 228 g/mol. The minimum atomic E-state index is 0.0713. The van der Waals surface area contributed by atoms with Crippen LogP contribution in [0.25, 0.3) is 11.1 Å². The number of halogens is 1. The molecule has 0 saturated carbocycles. The third-order valence-corrected chi connectivity index (χ3v) is 3.30. The second-order valence-corrected chi connectivity index (χ2v) is 5.66. The Morgan fingerprint density at radius 3 is 2.06 bits per heavy atom. The van der Waals surface area contributed by atoms with Crippen LogP contribution in [-0.4, -0.2) is 0 Å². The molecule has 0 aliphatic carbocycles. The van der Waals surface area contributed by atoms with Crippen LogP contribution in [0.5, 0.6) is 0 Å². The molecule has 0 unspecified atom stereocenters. The molecule has 2 aromatic rings. The van der Waals surface area contributed by atoms with Crippen molar-refractivity contribution in [2.24, 2.45) is 0 Å². The first-order valence-corrected chi connectivity index (χ1v) is 6.22. The first-order valence-electron chi connectivity index (χ1n) is 5.84. The molecule has 0 radical (unpaired) electrons. The first-order chi connectivity index (χ1) is 8.00. The average Bonchev–Trinajstić information content (AvgIpc) is 2.29. The SMILES string of the molecule is CC(C)(C)c1cccc(-c2ccccc2)c1Cl. The molecule has 0 spiro atoms. The van der Waals surface area contributed by atoms with E-state index >= 15 is 0 Å². The zero-order valence-corrected chi connectivity index (χ0v) is 11.3. The molecule has 0 aliphatic rings. The van der Waals surface area contributed by atoms with Crippen LogP contribution in [0.1, 0.15) is 26.3 Å². The normalized spacial score (nSPS) is 11.5. The van der Waals surface area contributed by atoms with Gasteiger partial charge in [-0.1, -0.05) is 80.9 Å². The highest BCUT2D eigenvalue weighted by molar-refractivity contribution is 6.34. The van der Waals surface area contributed by atoms with Gasteiger partial charge in [0.25, 0.3) is 0 Å². The maximum Gasteiger partial charge on any atom is 0.0521 e. The van der Waals surface area contributed by atoms with Gasteiger partial charge in [0.1, 0.15) is 0 Å². The first kappa shape index (κ1) is 12.2. The summed E-state index contributed by atoms with van der Waals surface area (Å²) >= 11 is 6.53. The van der Waals surface area contributed by atoms with E-state index in [9.17, 15) is 0 Å². The van der Waals surface area contributed by atoms with Crippen LogP contribution in [0, 0.1) is 0 Å². The molecule has 0 amide bonds. The Morgan fingerprint density at radius 2 is 1.47 bits per heavy atom. The van der Waals surface area contributed by atoms with Crippen molar-refractivity contribution in [1.29, 1.82) is 0 Å². The summed E-state index contributed by atoms with van der Waals surface area (Å²) in [7, 11) is 0. The van der Waals surface area contributed by atoms with E-state index in [1.807, 2.05) is 18.2 Å². The molecular formula is C16H17Cl. The van der Waals surface area contributed by atoms with E-state index in [1.54, 1.807) is 0 Å². The Kier molecular flexibility index (Phi) is 3.26. The Hall–Kier alpha value is -1.27. The van der Waals surface area contributed by atoms with Gasteiger partial charge in [0.2, 0.25) is 0 Å². The van der Waals surface area contributed by atoms with Gasteiger partial charge in [0.15, 0.2) is 0 Å². The second-order valence-electron chi connectivity index (χ2n) is 5.28. The topological polar surface area (TPSA) is 0 Å². The lowest BCUT2D eigenvalue weighted by atomic mass is 9.85. The fraction of sp³-hybridized carbons (Fsp3) is 0.250. The van der Waals surface area contributed by atoms with Crippen LogP contribution in [0.4, 0.5) is 0 Å². The summed E-state index contributed by atoms with van der Waals surface area (Å²) in [5, 5.41) is 0.867. The summed E-state index contributed by atoms with van der Waals surface area (Å²) in [5.74, 6) is 0. The molecule has 17 heavy (non-hydrogen) atoms. The zero-order chi connectivity index (χ0) is 12.5. The van der Waals surface area contributed by atoms with Gasteiger partial charge < -0.3 is 0 Å². The molecule has 88 valence electrons. The fourth-order valence-corrected chi connectivity index (χ4v) is 2.47. The highest BCUT2D eigenvalue weighted by atomic mass is 35.5. The highest BCUT2D eigenvalue weighted by Crippen LogP contribution is 2.36. The predicted molar refractivity (Wildman–Crippen MR) is 75.6 cm³/mol. The molecule has 0 aliphatic heterocycles. The Morgan fingerprint density at radius 1 is 0.824 bits per heavy atom. The van der Waals surface area contributed by atoms with E-state index in [1.165, 1.54) is 11.1 Å². The summed E-state index contributed by atoms with van der Waals surface area (Å²) in [6.07, 6.45) is 0. The molecule has 1 heteroatoms. The lowest BCUT2D eigenvalue weighted by Crippen LogP contribution is -2.11. The van der Waals surface area contributed by atoms with E-state index in [4.69, 9.17) is 11.6 Å². The van der Waals surface area contributed by atoms with Gasteiger partial charge in [-0.25, -0.2) is 0 Å². The molecule has 0 heterocycles. The van der Waals surface area contributed by atoms with Crippen molar-refractivity contribution in [3.05, 3.63) is 59.1 Å². The maximum absolute atomic E-state index is 6.53. The molecule has 0 aromatic heterocycles. The fourth-order valence-electron chi connectivity index (χ4n) is 1.95. The summed E-state index contributed by atoms with van der Waals surface area (Å²) in [4.78, 5) is 0. The van der Waals surface area contributed by atoms with E-state index in [2.05, 4.69) is 51.1 Å². The second kappa shape index (κ2) is 4.54. The van der Waals surface area contributed by atoms with Crippen LogP contribution < -0.4 is 0 Å². The van der Waals surface area contributed by atoms with Gasteiger partial charge in [-0.15, -0.1) is 0 Å². The van der Waals surface area contributed by atoms with Crippen molar-refractivity contribution >= 4 is 11.6 Å². The van der Waals surface area contributed by atoms with Crippen molar-refractivity contribution in [2.75, 3.05) is 0 Å². The van der Waals surface area contributed by atoms with E-state index < -0.39 is 0 Å². The number of hydrogen-bond acceptors (Lipinski definition) is 0. The van der Waals surface area contributed by atoms with Crippen molar-refractivity contribution in [1.82, 2.24) is 0 Å². The molecule has 0 bridgehead atoms. The summed E-state index contributed by atoms with van der Waals surface area (Å²) in [5.41, 5.74) is 3.55. The van der Waals surface area contributed by atoms with Crippen LogP contribution in [-0.2, 0) is 5.41 Å². The Labute approximate surface area is 108 Å². The molecule has 0 nitrogen and oxygen atoms in total. The van der Waals surface area contributed by atoms with Crippen LogP contribution in [0.3, 0.4) is 0 Å². The van der Waals surface area contributed by atoms with E-state index in [-0.39, 0.29) is 5.41 Å². The lowest BCUT2D eigenvalue weighted by Gasteiger charge is -2.22. The minimum Gasteiger partial charge on any atom is -0.0833 e. The van der Waals surface area contributed by atoms with Gasteiger partial charge in [-0.05, 0) is 16.5 Å². The van der Waals surface area contributed by atoms with E-state index in [0.29, 0.717) is 0 Å². The minimum absolute atomic E-state index is 0.0713. The van der Waals surface area contributed by atoms with Crippen LogP contribution in [0.2, 0.25) is 5.02 Å².